The Morgan fingerprint density at radius 1 is 1.26 bits per heavy atom. The maximum atomic E-state index is 10.0. The Balaban J connectivity index is 1.70. The molecule has 2 aromatic rings. The Morgan fingerprint density at radius 3 is 2.65 bits per heavy atom. The molecule has 0 aliphatic heterocycles. The number of ether oxygens (including phenoxy) is 2. The second-order valence-corrected chi connectivity index (χ2v) is 6.43. The molecule has 0 fully saturated rings. The molecule has 1 unspecified atom stereocenters. The predicted octanol–water partition coefficient (Wildman–Crippen LogP) is 2.54. The van der Waals surface area contributed by atoms with Crippen LogP contribution in [0.3, 0.4) is 0 Å². The summed E-state index contributed by atoms with van der Waals surface area (Å²) in [6.07, 6.45) is 1.16. The van der Waals surface area contributed by atoms with E-state index in [2.05, 4.69) is 24.0 Å². The van der Waals surface area contributed by atoms with Crippen LogP contribution in [-0.2, 0) is 11.3 Å². The van der Waals surface area contributed by atoms with Crippen molar-refractivity contribution in [3.63, 3.8) is 0 Å². The highest BCUT2D eigenvalue weighted by molar-refractivity contribution is 7.99. The third-order valence-corrected chi connectivity index (χ3v) is 4.34. The van der Waals surface area contributed by atoms with Gasteiger partial charge in [-0.25, -0.2) is 0 Å². The Bertz CT molecular complexity index is 587. The zero-order valence-corrected chi connectivity index (χ0v) is 14.5. The number of aromatic nitrogens is 3. The zero-order valence-electron chi connectivity index (χ0n) is 13.7. The molecule has 6 nitrogen and oxygen atoms in total. The van der Waals surface area contributed by atoms with Gasteiger partial charge in [0.2, 0.25) is 0 Å². The molecule has 1 aromatic heterocycles. The first-order valence-corrected chi connectivity index (χ1v) is 8.49. The second kappa shape index (κ2) is 8.90. The highest BCUT2D eigenvalue weighted by atomic mass is 32.2. The predicted molar refractivity (Wildman–Crippen MR) is 89.8 cm³/mol. The lowest BCUT2D eigenvalue weighted by atomic mass is 10.2. The minimum Gasteiger partial charge on any atom is -0.497 e. The lowest BCUT2D eigenvalue weighted by Crippen LogP contribution is -2.18. The smallest absolute Gasteiger partial charge is 0.191 e. The van der Waals surface area contributed by atoms with Gasteiger partial charge >= 0.3 is 0 Å². The van der Waals surface area contributed by atoms with Crippen LogP contribution in [0.15, 0.2) is 35.7 Å². The molecule has 1 N–H and O–H groups in total. The number of hydrogen-bond acceptors (Lipinski definition) is 6. The van der Waals surface area contributed by atoms with Crippen molar-refractivity contribution < 1.29 is 14.6 Å². The molecular formula is C16H23N3O3S. The largest absolute Gasteiger partial charge is 0.497 e. The first-order valence-electron chi connectivity index (χ1n) is 7.51. The molecule has 0 saturated carbocycles. The number of hydrogen-bond donors (Lipinski definition) is 1. The highest BCUT2D eigenvalue weighted by Gasteiger charge is 2.11. The Hall–Kier alpha value is -1.57. The molecule has 0 aliphatic carbocycles. The average Bonchev–Trinajstić information content (AvgIpc) is 3.02. The summed E-state index contributed by atoms with van der Waals surface area (Å²) in [5.74, 6) is 1.34. The summed E-state index contributed by atoms with van der Waals surface area (Å²) in [7, 11) is 1.64. The summed E-state index contributed by atoms with van der Waals surface area (Å²) in [5, 5.41) is 18.8. The second-order valence-electron chi connectivity index (χ2n) is 5.44. The molecule has 0 aliphatic rings. The van der Waals surface area contributed by atoms with Crippen molar-refractivity contribution in [3.05, 3.63) is 36.2 Å². The number of benzene rings is 1. The quantitative estimate of drug-likeness (QED) is 0.709. The third-order valence-electron chi connectivity index (χ3n) is 3.24. The van der Waals surface area contributed by atoms with Crippen molar-refractivity contribution in [1.29, 1.82) is 0 Å². The average molecular weight is 337 g/mol. The van der Waals surface area contributed by atoms with Gasteiger partial charge in [-0.2, -0.15) is 0 Å². The fourth-order valence-electron chi connectivity index (χ4n) is 1.94. The van der Waals surface area contributed by atoms with Crippen LogP contribution >= 0.6 is 11.8 Å². The molecule has 0 amide bonds. The van der Waals surface area contributed by atoms with E-state index >= 15 is 0 Å². The Kier molecular flexibility index (Phi) is 6.88. The summed E-state index contributed by atoms with van der Waals surface area (Å²) in [5.41, 5.74) is 1.05. The standard InChI is InChI=1S/C16H23N3O3S/c1-12(2)19-11-17-18-16(19)23-10-14(20)9-22-8-13-4-6-15(21-3)7-5-13/h4-7,11-12,14,20H,8-10H2,1-3H3. The summed E-state index contributed by atoms with van der Waals surface area (Å²) >= 11 is 1.48. The number of aliphatic hydroxyl groups is 1. The summed E-state index contributed by atoms with van der Waals surface area (Å²) < 4.78 is 12.6. The lowest BCUT2D eigenvalue weighted by molar-refractivity contribution is 0.0397. The molecule has 0 radical (unpaired) electrons. The highest BCUT2D eigenvalue weighted by Crippen LogP contribution is 2.19. The molecule has 1 heterocycles. The molecule has 2 rings (SSSR count). The van der Waals surface area contributed by atoms with Crippen molar-refractivity contribution in [2.45, 2.75) is 37.8 Å². The van der Waals surface area contributed by atoms with Gasteiger partial charge in [0, 0.05) is 11.8 Å². The maximum Gasteiger partial charge on any atom is 0.191 e. The summed E-state index contributed by atoms with van der Waals surface area (Å²) in [6, 6.07) is 7.99. The van der Waals surface area contributed by atoms with Crippen LogP contribution in [0.25, 0.3) is 0 Å². The van der Waals surface area contributed by atoms with Crippen LogP contribution in [0.5, 0.6) is 5.75 Å². The van der Waals surface area contributed by atoms with Crippen LogP contribution in [0.2, 0.25) is 0 Å². The van der Waals surface area contributed by atoms with Crippen molar-refractivity contribution in [3.8, 4) is 5.75 Å². The van der Waals surface area contributed by atoms with Crippen molar-refractivity contribution in [2.75, 3.05) is 19.5 Å². The van der Waals surface area contributed by atoms with E-state index in [1.807, 2.05) is 28.8 Å². The van der Waals surface area contributed by atoms with E-state index in [1.54, 1.807) is 13.4 Å². The van der Waals surface area contributed by atoms with Crippen LogP contribution in [-0.4, -0.2) is 45.4 Å². The summed E-state index contributed by atoms with van der Waals surface area (Å²) in [4.78, 5) is 0. The van der Waals surface area contributed by atoms with Crippen LogP contribution < -0.4 is 4.74 Å². The normalized spacial score (nSPS) is 12.6. The number of aliphatic hydroxyl groups excluding tert-OH is 1. The van der Waals surface area contributed by atoms with Crippen molar-refractivity contribution in [1.82, 2.24) is 14.8 Å². The number of nitrogens with zero attached hydrogens (tertiary/aromatic N) is 3. The molecule has 126 valence electrons. The van der Waals surface area contributed by atoms with Gasteiger partial charge in [0.15, 0.2) is 5.16 Å². The zero-order chi connectivity index (χ0) is 16.7. The maximum absolute atomic E-state index is 10.0. The topological polar surface area (TPSA) is 69.4 Å². The molecule has 1 aromatic carbocycles. The molecule has 0 bridgehead atoms. The van der Waals surface area contributed by atoms with E-state index in [-0.39, 0.29) is 6.61 Å². The van der Waals surface area contributed by atoms with Gasteiger partial charge < -0.3 is 19.1 Å². The minimum atomic E-state index is -0.546. The molecular weight excluding hydrogens is 314 g/mol. The van der Waals surface area contributed by atoms with Crippen LogP contribution in [0.4, 0.5) is 0 Å². The van der Waals surface area contributed by atoms with E-state index < -0.39 is 6.10 Å². The molecule has 1 atom stereocenters. The van der Waals surface area contributed by atoms with Crippen LogP contribution in [0, 0.1) is 0 Å². The number of rotatable bonds is 9. The van der Waals surface area contributed by atoms with Crippen LogP contribution in [0.1, 0.15) is 25.5 Å². The van der Waals surface area contributed by atoms with E-state index in [0.717, 1.165) is 16.5 Å². The van der Waals surface area contributed by atoms with Gasteiger partial charge in [-0.15, -0.1) is 10.2 Å². The van der Waals surface area contributed by atoms with Gasteiger partial charge in [0.25, 0.3) is 0 Å². The van der Waals surface area contributed by atoms with Gasteiger partial charge in [-0.05, 0) is 31.5 Å². The first kappa shape index (κ1) is 17.8. The van der Waals surface area contributed by atoms with Gasteiger partial charge in [0.1, 0.15) is 12.1 Å². The van der Waals surface area contributed by atoms with E-state index in [1.165, 1.54) is 11.8 Å². The first-order chi connectivity index (χ1) is 11.1. The van der Waals surface area contributed by atoms with E-state index in [0.29, 0.717) is 18.4 Å². The van der Waals surface area contributed by atoms with Gasteiger partial charge in [0.05, 0.1) is 26.4 Å². The fraction of sp³-hybridized carbons (Fsp3) is 0.500. The van der Waals surface area contributed by atoms with Crippen molar-refractivity contribution >= 4 is 11.8 Å². The molecule has 0 spiro atoms. The molecule has 7 heteroatoms. The monoisotopic (exact) mass is 337 g/mol. The SMILES string of the molecule is COc1ccc(COCC(O)CSc2nncn2C(C)C)cc1. The number of methoxy groups -OCH3 is 1. The van der Waals surface area contributed by atoms with Crippen molar-refractivity contribution in [2.24, 2.45) is 0 Å². The van der Waals surface area contributed by atoms with Gasteiger partial charge in [-0.1, -0.05) is 23.9 Å². The van der Waals surface area contributed by atoms with E-state index in [4.69, 9.17) is 9.47 Å². The fourth-order valence-corrected chi connectivity index (χ4v) is 2.89. The third kappa shape index (κ3) is 5.53. The molecule has 23 heavy (non-hydrogen) atoms. The minimum absolute atomic E-state index is 0.287. The Labute approximate surface area is 140 Å². The number of thioether (sulfide) groups is 1. The Morgan fingerprint density at radius 2 is 2.00 bits per heavy atom. The summed E-state index contributed by atoms with van der Waals surface area (Å²) in [6.45, 7) is 4.90. The van der Waals surface area contributed by atoms with E-state index in [9.17, 15) is 5.11 Å². The molecule has 0 saturated heterocycles. The van der Waals surface area contributed by atoms with Gasteiger partial charge in [-0.3, -0.25) is 0 Å². The lowest BCUT2D eigenvalue weighted by Gasteiger charge is -2.13.